The molecular formula is C12H25NO. The summed E-state index contributed by atoms with van der Waals surface area (Å²) in [5, 5.41) is 10.0. The van der Waals surface area contributed by atoms with Crippen LogP contribution in [0.2, 0.25) is 0 Å². The van der Waals surface area contributed by atoms with Gasteiger partial charge in [0.05, 0.1) is 5.60 Å². The maximum Gasteiger partial charge on any atom is 0.0746 e. The molecule has 0 amide bonds. The minimum absolute atomic E-state index is 0.327. The SMILES string of the molecule is CC(C)(C)CN1CCC[C@H]1C(C)(C)O. The van der Waals surface area contributed by atoms with E-state index in [1.165, 1.54) is 6.42 Å². The van der Waals surface area contributed by atoms with E-state index in [-0.39, 0.29) is 0 Å². The molecule has 1 aliphatic heterocycles. The Bertz CT molecular complexity index is 187. The quantitative estimate of drug-likeness (QED) is 0.737. The predicted molar refractivity (Wildman–Crippen MR) is 60.3 cm³/mol. The summed E-state index contributed by atoms with van der Waals surface area (Å²) in [6, 6.07) is 0.349. The molecule has 0 unspecified atom stereocenters. The zero-order chi connectivity index (χ0) is 11.0. The molecule has 1 N–H and O–H groups in total. The first-order valence-corrected chi connectivity index (χ1v) is 5.66. The lowest BCUT2D eigenvalue weighted by atomic mass is 9.92. The number of hydrogen-bond donors (Lipinski definition) is 1. The molecule has 0 radical (unpaired) electrons. The number of nitrogens with zero attached hydrogens (tertiary/aromatic N) is 1. The highest BCUT2D eigenvalue weighted by Gasteiger charge is 2.36. The molecule has 0 saturated carbocycles. The van der Waals surface area contributed by atoms with Gasteiger partial charge in [0.2, 0.25) is 0 Å². The van der Waals surface area contributed by atoms with Crippen molar-refractivity contribution in [1.29, 1.82) is 0 Å². The predicted octanol–water partition coefficient (Wildman–Crippen LogP) is 2.27. The van der Waals surface area contributed by atoms with E-state index in [0.717, 1.165) is 19.5 Å². The summed E-state index contributed by atoms with van der Waals surface area (Å²) in [5.74, 6) is 0. The third-order valence-corrected chi connectivity index (χ3v) is 2.86. The summed E-state index contributed by atoms with van der Waals surface area (Å²) < 4.78 is 0. The van der Waals surface area contributed by atoms with Crippen LogP contribution in [-0.4, -0.2) is 34.7 Å². The van der Waals surface area contributed by atoms with Gasteiger partial charge in [0.25, 0.3) is 0 Å². The summed E-state index contributed by atoms with van der Waals surface area (Å²) in [6.45, 7) is 12.9. The normalized spacial score (nSPS) is 25.7. The van der Waals surface area contributed by atoms with Crippen molar-refractivity contribution in [3.8, 4) is 0 Å². The Labute approximate surface area is 88.3 Å². The molecule has 14 heavy (non-hydrogen) atoms. The summed E-state index contributed by atoms with van der Waals surface area (Å²) in [7, 11) is 0. The molecule has 0 aromatic rings. The van der Waals surface area contributed by atoms with Gasteiger partial charge in [-0.3, -0.25) is 4.90 Å². The van der Waals surface area contributed by atoms with Crippen LogP contribution in [0.25, 0.3) is 0 Å². The van der Waals surface area contributed by atoms with Crippen LogP contribution >= 0.6 is 0 Å². The van der Waals surface area contributed by atoms with E-state index in [1.807, 2.05) is 13.8 Å². The van der Waals surface area contributed by atoms with E-state index in [1.54, 1.807) is 0 Å². The second-order valence-electron chi connectivity index (χ2n) is 6.34. The first-order valence-electron chi connectivity index (χ1n) is 5.66. The van der Waals surface area contributed by atoms with Crippen LogP contribution < -0.4 is 0 Å². The highest BCUT2D eigenvalue weighted by atomic mass is 16.3. The Balaban J connectivity index is 2.61. The third kappa shape index (κ3) is 3.25. The van der Waals surface area contributed by atoms with Crippen molar-refractivity contribution in [2.24, 2.45) is 5.41 Å². The Hall–Kier alpha value is -0.0800. The maximum atomic E-state index is 10.0. The van der Waals surface area contributed by atoms with Gasteiger partial charge in [-0.1, -0.05) is 20.8 Å². The van der Waals surface area contributed by atoms with Gasteiger partial charge in [-0.15, -0.1) is 0 Å². The number of aliphatic hydroxyl groups is 1. The number of likely N-dealkylation sites (tertiary alicyclic amines) is 1. The van der Waals surface area contributed by atoms with Crippen LogP contribution in [-0.2, 0) is 0 Å². The van der Waals surface area contributed by atoms with Crippen LogP contribution in [0, 0.1) is 5.41 Å². The molecule has 84 valence electrons. The van der Waals surface area contributed by atoms with Gasteiger partial charge in [-0.2, -0.15) is 0 Å². The summed E-state index contributed by atoms with van der Waals surface area (Å²) >= 11 is 0. The smallest absolute Gasteiger partial charge is 0.0746 e. The lowest BCUT2D eigenvalue weighted by molar-refractivity contribution is -0.0113. The van der Waals surface area contributed by atoms with E-state index >= 15 is 0 Å². The Morgan fingerprint density at radius 2 is 1.79 bits per heavy atom. The number of hydrogen-bond acceptors (Lipinski definition) is 2. The minimum Gasteiger partial charge on any atom is -0.389 e. The molecule has 1 heterocycles. The fourth-order valence-electron chi connectivity index (χ4n) is 2.42. The molecule has 0 bridgehead atoms. The Morgan fingerprint density at radius 3 is 2.21 bits per heavy atom. The van der Waals surface area contributed by atoms with Crippen molar-refractivity contribution in [3.05, 3.63) is 0 Å². The molecule has 0 aromatic heterocycles. The highest BCUT2D eigenvalue weighted by molar-refractivity contribution is 4.92. The molecule has 0 spiro atoms. The van der Waals surface area contributed by atoms with Crippen LogP contribution in [0.4, 0.5) is 0 Å². The van der Waals surface area contributed by atoms with E-state index in [0.29, 0.717) is 11.5 Å². The van der Waals surface area contributed by atoms with E-state index in [2.05, 4.69) is 25.7 Å². The fourth-order valence-corrected chi connectivity index (χ4v) is 2.42. The second kappa shape index (κ2) is 3.82. The first-order chi connectivity index (χ1) is 6.20. The average molecular weight is 199 g/mol. The van der Waals surface area contributed by atoms with Crippen LogP contribution in [0.15, 0.2) is 0 Å². The molecule has 1 atom stereocenters. The molecule has 0 aromatic carbocycles. The molecule has 2 nitrogen and oxygen atoms in total. The van der Waals surface area contributed by atoms with Crippen LogP contribution in [0.5, 0.6) is 0 Å². The summed E-state index contributed by atoms with van der Waals surface area (Å²) in [4.78, 5) is 2.44. The summed E-state index contributed by atoms with van der Waals surface area (Å²) in [6.07, 6.45) is 2.37. The minimum atomic E-state index is -0.554. The van der Waals surface area contributed by atoms with Crippen molar-refractivity contribution >= 4 is 0 Å². The molecule has 1 fully saturated rings. The van der Waals surface area contributed by atoms with Crippen molar-refractivity contribution in [3.63, 3.8) is 0 Å². The molecular weight excluding hydrogens is 174 g/mol. The molecule has 0 aliphatic carbocycles. The van der Waals surface area contributed by atoms with Crippen molar-refractivity contribution in [1.82, 2.24) is 4.90 Å². The molecule has 1 rings (SSSR count). The van der Waals surface area contributed by atoms with Gasteiger partial charge in [0.1, 0.15) is 0 Å². The maximum absolute atomic E-state index is 10.0. The highest BCUT2D eigenvalue weighted by Crippen LogP contribution is 2.29. The van der Waals surface area contributed by atoms with Gasteiger partial charge in [-0.25, -0.2) is 0 Å². The molecule has 2 heteroatoms. The lowest BCUT2D eigenvalue weighted by Gasteiger charge is -2.37. The van der Waals surface area contributed by atoms with Gasteiger partial charge in [0.15, 0.2) is 0 Å². The van der Waals surface area contributed by atoms with E-state index in [9.17, 15) is 5.11 Å². The van der Waals surface area contributed by atoms with Crippen molar-refractivity contribution in [2.75, 3.05) is 13.1 Å². The van der Waals surface area contributed by atoms with Gasteiger partial charge >= 0.3 is 0 Å². The lowest BCUT2D eigenvalue weighted by Crippen LogP contribution is -2.48. The average Bonchev–Trinajstić information content (AvgIpc) is 2.29. The zero-order valence-electron chi connectivity index (χ0n) is 10.3. The van der Waals surface area contributed by atoms with E-state index < -0.39 is 5.60 Å². The zero-order valence-corrected chi connectivity index (χ0v) is 10.3. The standard InChI is InChI=1S/C12H25NO/c1-11(2,3)9-13-8-6-7-10(13)12(4,5)14/h10,14H,6-9H2,1-5H3/t10-/m0/s1. The first kappa shape index (κ1) is 12.0. The topological polar surface area (TPSA) is 23.5 Å². The van der Waals surface area contributed by atoms with Crippen molar-refractivity contribution in [2.45, 2.75) is 59.1 Å². The van der Waals surface area contributed by atoms with Crippen LogP contribution in [0.3, 0.4) is 0 Å². The monoisotopic (exact) mass is 199 g/mol. The third-order valence-electron chi connectivity index (χ3n) is 2.86. The van der Waals surface area contributed by atoms with Gasteiger partial charge in [-0.05, 0) is 38.6 Å². The van der Waals surface area contributed by atoms with Crippen molar-refractivity contribution < 1.29 is 5.11 Å². The fraction of sp³-hybridized carbons (Fsp3) is 1.00. The van der Waals surface area contributed by atoms with Gasteiger partial charge in [0, 0.05) is 12.6 Å². The number of rotatable bonds is 2. The van der Waals surface area contributed by atoms with Crippen LogP contribution in [0.1, 0.15) is 47.5 Å². The van der Waals surface area contributed by atoms with Gasteiger partial charge < -0.3 is 5.11 Å². The Kier molecular flexibility index (Phi) is 3.27. The molecule has 1 aliphatic rings. The molecule has 1 saturated heterocycles. The summed E-state index contributed by atoms with van der Waals surface area (Å²) in [5.41, 5.74) is -0.227. The Morgan fingerprint density at radius 1 is 1.21 bits per heavy atom. The second-order valence-corrected chi connectivity index (χ2v) is 6.34. The largest absolute Gasteiger partial charge is 0.389 e. The van der Waals surface area contributed by atoms with E-state index in [4.69, 9.17) is 0 Å².